The van der Waals surface area contributed by atoms with Gasteiger partial charge in [0.1, 0.15) is 6.26 Å². The first-order valence-electron chi connectivity index (χ1n) is 5.30. The molecule has 16 heavy (non-hydrogen) atoms. The highest BCUT2D eigenvalue weighted by molar-refractivity contribution is 5.93. The predicted octanol–water partition coefficient (Wildman–Crippen LogP) is 1.53. The Kier molecular flexibility index (Phi) is 4.83. The second-order valence-corrected chi connectivity index (χ2v) is 3.89. The highest BCUT2D eigenvalue weighted by Crippen LogP contribution is 2.13. The van der Waals surface area contributed by atoms with E-state index < -0.39 is 0 Å². The fraction of sp³-hybridized carbons (Fsp3) is 0.545. The first kappa shape index (κ1) is 13.1. The topological polar surface area (TPSA) is 45.5 Å². The van der Waals surface area contributed by atoms with Crippen LogP contribution in [0.1, 0.15) is 23.2 Å². The summed E-state index contributed by atoms with van der Waals surface area (Å²) in [5, 5.41) is 3.22. The summed E-state index contributed by atoms with van der Waals surface area (Å²) in [6.45, 7) is 1.64. The molecule has 1 fully saturated rings. The molecular formula is C11H17ClN2O2. The Bertz CT molecular complexity index is 327. The Morgan fingerprint density at radius 1 is 1.62 bits per heavy atom. The molecule has 0 aromatic carbocycles. The van der Waals surface area contributed by atoms with Gasteiger partial charge in [0.05, 0.1) is 11.8 Å². The molecule has 0 bridgehead atoms. The van der Waals surface area contributed by atoms with Crippen LogP contribution in [0.2, 0.25) is 0 Å². The zero-order chi connectivity index (χ0) is 10.7. The molecule has 5 heteroatoms. The van der Waals surface area contributed by atoms with Gasteiger partial charge in [-0.3, -0.25) is 4.79 Å². The van der Waals surface area contributed by atoms with Crippen LogP contribution in [0.5, 0.6) is 0 Å². The molecule has 1 atom stereocenters. The third-order valence-corrected chi connectivity index (χ3v) is 2.88. The summed E-state index contributed by atoms with van der Waals surface area (Å²) in [5.74, 6) is 0.0729. The zero-order valence-corrected chi connectivity index (χ0v) is 10.1. The Labute approximate surface area is 101 Å². The molecule has 1 aromatic heterocycles. The van der Waals surface area contributed by atoms with Crippen molar-refractivity contribution in [2.24, 2.45) is 0 Å². The zero-order valence-electron chi connectivity index (χ0n) is 9.31. The Morgan fingerprint density at radius 2 is 2.44 bits per heavy atom. The first-order valence-corrected chi connectivity index (χ1v) is 5.30. The summed E-state index contributed by atoms with van der Waals surface area (Å²) in [5.41, 5.74) is 0.645. The number of amides is 1. The third-order valence-electron chi connectivity index (χ3n) is 2.88. The Balaban J connectivity index is 0.00000128. The number of rotatable bonds is 2. The Morgan fingerprint density at radius 3 is 3.06 bits per heavy atom. The summed E-state index contributed by atoms with van der Waals surface area (Å²) >= 11 is 0. The van der Waals surface area contributed by atoms with Gasteiger partial charge in [-0.05, 0) is 26.0 Å². The number of furan rings is 1. The number of hydrogen-bond acceptors (Lipinski definition) is 3. The van der Waals surface area contributed by atoms with Crippen molar-refractivity contribution in [1.29, 1.82) is 0 Å². The number of likely N-dealkylation sites (N-methyl/N-ethyl adjacent to an activating group) is 1. The lowest BCUT2D eigenvalue weighted by Crippen LogP contribution is -2.46. The number of piperidine rings is 1. The van der Waals surface area contributed by atoms with Gasteiger partial charge in [0, 0.05) is 19.1 Å². The van der Waals surface area contributed by atoms with Crippen LogP contribution >= 0.6 is 12.4 Å². The van der Waals surface area contributed by atoms with Crippen molar-refractivity contribution < 1.29 is 9.21 Å². The van der Waals surface area contributed by atoms with Gasteiger partial charge in [0.15, 0.2) is 0 Å². The van der Waals surface area contributed by atoms with Gasteiger partial charge >= 0.3 is 0 Å². The minimum Gasteiger partial charge on any atom is -0.472 e. The maximum atomic E-state index is 12.0. The number of carbonyl (C=O) groups is 1. The van der Waals surface area contributed by atoms with Crippen molar-refractivity contribution in [3.63, 3.8) is 0 Å². The SMILES string of the molecule is CNC1CCCN(C(=O)c2ccoc2)C1.Cl. The molecule has 1 aromatic rings. The number of nitrogens with zero attached hydrogens (tertiary/aromatic N) is 1. The standard InChI is InChI=1S/C11H16N2O2.ClH/c1-12-10-3-2-5-13(7-10)11(14)9-4-6-15-8-9;/h4,6,8,10,12H,2-3,5,7H2,1H3;1H. The van der Waals surface area contributed by atoms with Crippen LogP contribution in [0.25, 0.3) is 0 Å². The van der Waals surface area contributed by atoms with Gasteiger partial charge in [-0.15, -0.1) is 12.4 Å². The summed E-state index contributed by atoms with van der Waals surface area (Å²) in [4.78, 5) is 13.8. The molecule has 2 rings (SSSR count). The smallest absolute Gasteiger partial charge is 0.257 e. The number of halogens is 1. The van der Waals surface area contributed by atoms with Gasteiger partial charge in [-0.2, -0.15) is 0 Å². The van der Waals surface area contributed by atoms with Crippen molar-refractivity contribution in [3.05, 3.63) is 24.2 Å². The molecule has 0 aliphatic carbocycles. The summed E-state index contributed by atoms with van der Waals surface area (Å²) in [6, 6.07) is 2.14. The van der Waals surface area contributed by atoms with Crippen molar-refractivity contribution in [1.82, 2.24) is 10.2 Å². The van der Waals surface area contributed by atoms with E-state index in [4.69, 9.17) is 4.42 Å². The molecule has 0 saturated carbocycles. The molecule has 1 amide bonds. The van der Waals surface area contributed by atoms with E-state index in [1.54, 1.807) is 6.07 Å². The van der Waals surface area contributed by atoms with Crippen LogP contribution in [0.4, 0.5) is 0 Å². The fourth-order valence-electron chi connectivity index (χ4n) is 1.97. The molecule has 1 aliphatic heterocycles. The molecule has 1 unspecified atom stereocenters. The predicted molar refractivity (Wildman–Crippen MR) is 63.9 cm³/mol. The van der Waals surface area contributed by atoms with Gasteiger partial charge in [0.2, 0.25) is 0 Å². The van der Waals surface area contributed by atoms with E-state index in [9.17, 15) is 4.79 Å². The third kappa shape index (κ3) is 2.77. The highest BCUT2D eigenvalue weighted by atomic mass is 35.5. The first-order chi connectivity index (χ1) is 7.31. The number of likely N-dealkylation sites (tertiary alicyclic amines) is 1. The van der Waals surface area contributed by atoms with Crippen molar-refractivity contribution in [2.45, 2.75) is 18.9 Å². The van der Waals surface area contributed by atoms with Crippen LogP contribution in [0.3, 0.4) is 0 Å². The summed E-state index contributed by atoms with van der Waals surface area (Å²) in [6.07, 6.45) is 5.25. The Hall–Kier alpha value is -1.00. The minimum absolute atomic E-state index is 0. The molecule has 1 aliphatic rings. The number of carbonyl (C=O) groups excluding carboxylic acids is 1. The van der Waals surface area contributed by atoms with Crippen LogP contribution in [-0.2, 0) is 0 Å². The quantitative estimate of drug-likeness (QED) is 0.858. The average molecular weight is 245 g/mol. The van der Waals surface area contributed by atoms with Crippen molar-refractivity contribution in [2.75, 3.05) is 20.1 Å². The molecule has 4 nitrogen and oxygen atoms in total. The van der Waals surface area contributed by atoms with E-state index in [1.165, 1.54) is 12.5 Å². The number of hydrogen-bond donors (Lipinski definition) is 1. The average Bonchev–Trinajstić information content (AvgIpc) is 2.81. The maximum Gasteiger partial charge on any atom is 0.257 e. The van der Waals surface area contributed by atoms with Crippen LogP contribution in [-0.4, -0.2) is 37.0 Å². The fourth-order valence-corrected chi connectivity index (χ4v) is 1.97. The van der Waals surface area contributed by atoms with E-state index in [-0.39, 0.29) is 18.3 Å². The second-order valence-electron chi connectivity index (χ2n) is 3.89. The van der Waals surface area contributed by atoms with Crippen LogP contribution in [0.15, 0.2) is 23.0 Å². The van der Waals surface area contributed by atoms with Crippen LogP contribution in [0, 0.1) is 0 Å². The van der Waals surface area contributed by atoms with E-state index >= 15 is 0 Å². The van der Waals surface area contributed by atoms with Crippen molar-refractivity contribution >= 4 is 18.3 Å². The lowest BCUT2D eigenvalue weighted by Gasteiger charge is -2.32. The minimum atomic E-state index is 0. The van der Waals surface area contributed by atoms with Gasteiger partial charge in [-0.1, -0.05) is 0 Å². The van der Waals surface area contributed by atoms with Gasteiger partial charge in [0.25, 0.3) is 5.91 Å². The summed E-state index contributed by atoms with van der Waals surface area (Å²) in [7, 11) is 1.94. The van der Waals surface area contributed by atoms with E-state index in [1.807, 2.05) is 11.9 Å². The lowest BCUT2D eigenvalue weighted by molar-refractivity contribution is 0.0697. The van der Waals surface area contributed by atoms with Crippen LogP contribution < -0.4 is 5.32 Å². The molecule has 2 heterocycles. The number of nitrogens with one attached hydrogen (secondary N) is 1. The van der Waals surface area contributed by atoms with E-state index in [2.05, 4.69) is 5.32 Å². The van der Waals surface area contributed by atoms with Gasteiger partial charge in [-0.25, -0.2) is 0 Å². The molecule has 0 radical (unpaired) electrons. The highest BCUT2D eigenvalue weighted by Gasteiger charge is 2.23. The largest absolute Gasteiger partial charge is 0.472 e. The van der Waals surface area contributed by atoms with E-state index in [0.717, 1.165) is 25.9 Å². The van der Waals surface area contributed by atoms with E-state index in [0.29, 0.717) is 11.6 Å². The van der Waals surface area contributed by atoms with Gasteiger partial charge < -0.3 is 14.6 Å². The monoisotopic (exact) mass is 244 g/mol. The molecule has 0 spiro atoms. The normalized spacial score (nSPS) is 20.3. The maximum absolute atomic E-state index is 12.0. The summed E-state index contributed by atoms with van der Waals surface area (Å²) < 4.78 is 4.92. The molecular weight excluding hydrogens is 228 g/mol. The lowest BCUT2D eigenvalue weighted by atomic mass is 10.1. The van der Waals surface area contributed by atoms with Crippen molar-refractivity contribution in [3.8, 4) is 0 Å². The second kappa shape index (κ2) is 5.92. The molecule has 1 saturated heterocycles. The molecule has 1 N–H and O–H groups in total. The molecule has 90 valence electrons.